The number of aryl methyl sites for hydroxylation is 1. The topological polar surface area (TPSA) is 58.8 Å². The third-order valence-electron chi connectivity index (χ3n) is 2.30. The van der Waals surface area contributed by atoms with Gasteiger partial charge in [0.1, 0.15) is 17.5 Å². The van der Waals surface area contributed by atoms with Crippen molar-refractivity contribution < 1.29 is 4.74 Å². The minimum Gasteiger partial charge on any atom is -0.497 e. The SMILES string of the molecule is COc1cccc(-c2nc(C)cc(C#N)n2)c1. The summed E-state index contributed by atoms with van der Waals surface area (Å²) in [4.78, 5) is 8.48. The predicted molar refractivity (Wildman–Crippen MR) is 63.5 cm³/mol. The number of benzene rings is 1. The Kier molecular flexibility index (Phi) is 3.01. The molecule has 0 saturated carbocycles. The first kappa shape index (κ1) is 11.1. The molecule has 4 heteroatoms. The van der Waals surface area contributed by atoms with Gasteiger partial charge in [-0.1, -0.05) is 12.1 Å². The summed E-state index contributed by atoms with van der Waals surface area (Å²) in [6.07, 6.45) is 0. The second-order valence-corrected chi connectivity index (χ2v) is 3.56. The minimum atomic E-state index is 0.371. The van der Waals surface area contributed by atoms with Gasteiger partial charge in [-0.2, -0.15) is 5.26 Å². The van der Waals surface area contributed by atoms with E-state index in [-0.39, 0.29) is 0 Å². The van der Waals surface area contributed by atoms with Gasteiger partial charge in [0.15, 0.2) is 5.82 Å². The molecule has 0 N–H and O–H groups in total. The van der Waals surface area contributed by atoms with E-state index in [1.807, 2.05) is 37.3 Å². The Hall–Kier alpha value is -2.41. The number of methoxy groups -OCH3 is 1. The molecular formula is C13H11N3O. The largest absolute Gasteiger partial charge is 0.497 e. The van der Waals surface area contributed by atoms with Gasteiger partial charge >= 0.3 is 0 Å². The molecule has 1 aromatic heterocycles. The third kappa shape index (κ3) is 2.40. The van der Waals surface area contributed by atoms with Gasteiger partial charge in [-0.25, -0.2) is 9.97 Å². The number of nitrogens with zero attached hydrogens (tertiary/aromatic N) is 3. The van der Waals surface area contributed by atoms with Crippen molar-refractivity contribution >= 4 is 0 Å². The fourth-order valence-electron chi connectivity index (χ4n) is 1.52. The molecule has 2 rings (SSSR count). The average molecular weight is 225 g/mol. The molecule has 0 unspecified atom stereocenters. The standard InChI is InChI=1S/C13H11N3O/c1-9-6-11(8-14)16-13(15-9)10-4-3-5-12(7-10)17-2/h3-7H,1-2H3. The Morgan fingerprint density at radius 1 is 1.24 bits per heavy atom. The van der Waals surface area contributed by atoms with E-state index in [2.05, 4.69) is 9.97 Å². The molecular weight excluding hydrogens is 214 g/mol. The number of rotatable bonds is 2. The van der Waals surface area contributed by atoms with Crippen molar-refractivity contribution in [1.82, 2.24) is 9.97 Å². The zero-order chi connectivity index (χ0) is 12.3. The van der Waals surface area contributed by atoms with Crippen LogP contribution in [0.4, 0.5) is 0 Å². The molecule has 0 atom stereocenters. The molecule has 0 bridgehead atoms. The van der Waals surface area contributed by atoms with Gasteiger partial charge < -0.3 is 4.74 Å². The summed E-state index contributed by atoms with van der Waals surface area (Å²) in [6, 6.07) is 11.1. The van der Waals surface area contributed by atoms with Crippen LogP contribution in [0, 0.1) is 18.3 Å². The lowest BCUT2D eigenvalue weighted by atomic mass is 10.2. The fraction of sp³-hybridized carbons (Fsp3) is 0.154. The van der Waals surface area contributed by atoms with E-state index in [1.165, 1.54) is 0 Å². The normalized spacial score (nSPS) is 9.71. The molecule has 0 aliphatic heterocycles. The van der Waals surface area contributed by atoms with Crippen LogP contribution in [0.1, 0.15) is 11.4 Å². The zero-order valence-electron chi connectivity index (χ0n) is 9.64. The van der Waals surface area contributed by atoms with Gasteiger partial charge in [-0.3, -0.25) is 0 Å². The Morgan fingerprint density at radius 3 is 2.76 bits per heavy atom. The fourth-order valence-corrected chi connectivity index (χ4v) is 1.52. The van der Waals surface area contributed by atoms with E-state index >= 15 is 0 Å². The van der Waals surface area contributed by atoms with Crippen molar-refractivity contribution in [2.24, 2.45) is 0 Å². The van der Waals surface area contributed by atoms with Crippen LogP contribution >= 0.6 is 0 Å². The maximum absolute atomic E-state index is 8.87. The van der Waals surface area contributed by atoms with E-state index < -0.39 is 0 Å². The highest BCUT2D eigenvalue weighted by Gasteiger charge is 2.05. The van der Waals surface area contributed by atoms with E-state index in [0.29, 0.717) is 11.5 Å². The van der Waals surface area contributed by atoms with Crippen molar-refractivity contribution in [3.05, 3.63) is 41.7 Å². The van der Waals surface area contributed by atoms with Crippen LogP contribution in [0.2, 0.25) is 0 Å². The van der Waals surface area contributed by atoms with Gasteiger partial charge in [-0.15, -0.1) is 0 Å². The van der Waals surface area contributed by atoms with E-state index in [4.69, 9.17) is 10.00 Å². The highest BCUT2D eigenvalue weighted by molar-refractivity contribution is 5.58. The summed E-state index contributed by atoms with van der Waals surface area (Å²) < 4.78 is 5.14. The van der Waals surface area contributed by atoms with Gasteiger partial charge in [0, 0.05) is 11.3 Å². The Labute approximate surface area is 99.5 Å². The lowest BCUT2D eigenvalue weighted by Gasteiger charge is -2.04. The van der Waals surface area contributed by atoms with E-state index in [9.17, 15) is 0 Å². The molecule has 1 aromatic carbocycles. The van der Waals surface area contributed by atoms with Crippen LogP contribution in [-0.4, -0.2) is 17.1 Å². The van der Waals surface area contributed by atoms with Crippen LogP contribution in [0.25, 0.3) is 11.4 Å². The summed E-state index contributed by atoms with van der Waals surface area (Å²) in [5.74, 6) is 1.28. The quantitative estimate of drug-likeness (QED) is 0.787. The maximum atomic E-state index is 8.87. The molecule has 0 aliphatic carbocycles. The van der Waals surface area contributed by atoms with Crippen LogP contribution in [0.5, 0.6) is 5.75 Å². The number of aromatic nitrogens is 2. The van der Waals surface area contributed by atoms with Gasteiger partial charge in [-0.05, 0) is 25.1 Å². The predicted octanol–water partition coefficient (Wildman–Crippen LogP) is 2.33. The van der Waals surface area contributed by atoms with Crippen molar-refractivity contribution in [2.75, 3.05) is 7.11 Å². The summed E-state index contributed by atoms with van der Waals surface area (Å²) in [6.45, 7) is 1.84. The van der Waals surface area contributed by atoms with Gasteiger partial charge in [0.2, 0.25) is 0 Å². The average Bonchev–Trinajstić information content (AvgIpc) is 2.38. The zero-order valence-corrected chi connectivity index (χ0v) is 9.64. The lowest BCUT2D eigenvalue weighted by Crippen LogP contribution is -1.95. The summed E-state index contributed by atoms with van der Waals surface area (Å²) in [7, 11) is 1.61. The summed E-state index contributed by atoms with van der Waals surface area (Å²) in [5.41, 5.74) is 1.98. The maximum Gasteiger partial charge on any atom is 0.161 e. The molecule has 0 fully saturated rings. The first-order chi connectivity index (χ1) is 8.22. The van der Waals surface area contributed by atoms with E-state index in [1.54, 1.807) is 13.2 Å². The van der Waals surface area contributed by atoms with Crippen LogP contribution in [0.3, 0.4) is 0 Å². The third-order valence-corrected chi connectivity index (χ3v) is 2.30. The molecule has 17 heavy (non-hydrogen) atoms. The molecule has 0 spiro atoms. The Morgan fingerprint density at radius 2 is 2.06 bits per heavy atom. The molecule has 4 nitrogen and oxygen atoms in total. The number of hydrogen-bond acceptors (Lipinski definition) is 4. The van der Waals surface area contributed by atoms with Gasteiger partial charge in [0.05, 0.1) is 7.11 Å². The second-order valence-electron chi connectivity index (χ2n) is 3.56. The van der Waals surface area contributed by atoms with Crippen LogP contribution in [-0.2, 0) is 0 Å². The number of ether oxygens (including phenoxy) is 1. The molecule has 0 saturated heterocycles. The molecule has 84 valence electrons. The van der Waals surface area contributed by atoms with E-state index in [0.717, 1.165) is 17.0 Å². The Balaban J connectivity index is 2.52. The molecule has 2 aromatic rings. The molecule has 0 amide bonds. The monoisotopic (exact) mass is 225 g/mol. The van der Waals surface area contributed by atoms with Crippen molar-refractivity contribution in [2.45, 2.75) is 6.92 Å². The second kappa shape index (κ2) is 4.62. The lowest BCUT2D eigenvalue weighted by molar-refractivity contribution is 0.415. The number of nitriles is 1. The van der Waals surface area contributed by atoms with Crippen molar-refractivity contribution in [3.8, 4) is 23.2 Å². The smallest absolute Gasteiger partial charge is 0.161 e. The van der Waals surface area contributed by atoms with Crippen LogP contribution in [0.15, 0.2) is 30.3 Å². The first-order valence-corrected chi connectivity index (χ1v) is 5.13. The first-order valence-electron chi connectivity index (χ1n) is 5.13. The molecule has 0 radical (unpaired) electrons. The Bertz CT molecular complexity index is 587. The van der Waals surface area contributed by atoms with Crippen molar-refractivity contribution in [1.29, 1.82) is 5.26 Å². The highest BCUT2D eigenvalue weighted by Crippen LogP contribution is 2.21. The number of hydrogen-bond donors (Lipinski definition) is 0. The van der Waals surface area contributed by atoms with Crippen LogP contribution < -0.4 is 4.74 Å². The summed E-state index contributed by atoms with van der Waals surface area (Å²) >= 11 is 0. The molecule has 0 aliphatic rings. The minimum absolute atomic E-state index is 0.371. The van der Waals surface area contributed by atoms with Gasteiger partial charge in [0.25, 0.3) is 0 Å². The molecule has 1 heterocycles. The highest BCUT2D eigenvalue weighted by atomic mass is 16.5. The van der Waals surface area contributed by atoms with Crippen molar-refractivity contribution in [3.63, 3.8) is 0 Å². The summed E-state index contributed by atoms with van der Waals surface area (Å²) in [5, 5.41) is 8.87.